The number of rotatable bonds is 3. The number of amides is 1. The molecule has 0 saturated carbocycles. The average Bonchev–Trinajstić information content (AvgIpc) is 2.97. The highest BCUT2D eigenvalue weighted by Gasteiger charge is 2.35. The highest BCUT2D eigenvalue weighted by atomic mass is 19.4. The minimum absolute atomic E-state index is 0.0568. The third kappa shape index (κ3) is 3.32. The number of fused-ring (bicyclic) bond motifs is 1. The third-order valence-corrected chi connectivity index (χ3v) is 3.68. The third-order valence-electron chi connectivity index (χ3n) is 3.68. The molecule has 0 unspecified atom stereocenters. The molecule has 136 valence electrons. The zero-order chi connectivity index (χ0) is 19.1. The maximum Gasteiger partial charge on any atom is 0.433 e. The number of hydrogen-bond acceptors (Lipinski definition) is 4. The van der Waals surface area contributed by atoms with Gasteiger partial charge in [-0.05, 0) is 37.6 Å². The molecule has 0 bridgehead atoms. The number of anilines is 1. The van der Waals surface area contributed by atoms with Gasteiger partial charge in [-0.1, -0.05) is 6.07 Å². The van der Waals surface area contributed by atoms with Crippen molar-refractivity contribution in [1.29, 1.82) is 0 Å². The number of hydrogen-bond donors (Lipinski definition) is 1. The normalized spacial score (nSPS) is 11.6. The molecule has 9 heteroatoms. The van der Waals surface area contributed by atoms with Gasteiger partial charge in [0.25, 0.3) is 5.91 Å². The van der Waals surface area contributed by atoms with Gasteiger partial charge in [0.05, 0.1) is 12.8 Å². The number of carbonyl (C=O) groups is 1. The maximum absolute atomic E-state index is 13.2. The van der Waals surface area contributed by atoms with Crippen LogP contribution in [0.25, 0.3) is 5.65 Å². The van der Waals surface area contributed by atoms with Crippen LogP contribution in [0.3, 0.4) is 0 Å². The minimum atomic E-state index is -4.62. The Morgan fingerprint density at radius 2 is 1.92 bits per heavy atom. The summed E-state index contributed by atoms with van der Waals surface area (Å²) in [5.41, 5.74) is 0.225. The first-order chi connectivity index (χ1) is 12.2. The fraction of sp³-hybridized carbons (Fsp3) is 0.235. The number of halogens is 3. The lowest BCUT2D eigenvalue weighted by molar-refractivity contribution is -0.142. The lowest BCUT2D eigenvalue weighted by Crippen LogP contribution is -2.16. The molecular weight excluding hydrogens is 349 g/mol. The predicted molar refractivity (Wildman–Crippen MR) is 88.4 cm³/mol. The fourth-order valence-corrected chi connectivity index (χ4v) is 2.52. The molecule has 1 amide bonds. The standard InChI is InChI=1S/C17H15F3N4O2/c1-9-4-5-13(26-3)11(6-9)22-16(25)12-8-15-21-10(2)7-14(17(18,19)20)24(15)23-12/h4-8H,1-3H3,(H,22,25). The quantitative estimate of drug-likeness (QED) is 0.771. The van der Waals surface area contributed by atoms with Crippen molar-refractivity contribution in [3.05, 3.63) is 53.0 Å². The summed E-state index contributed by atoms with van der Waals surface area (Å²) >= 11 is 0. The maximum atomic E-state index is 13.2. The van der Waals surface area contributed by atoms with Crippen LogP contribution in [0.5, 0.6) is 5.75 Å². The number of nitrogens with one attached hydrogen (secondary N) is 1. The Bertz CT molecular complexity index is 996. The minimum Gasteiger partial charge on any atom is -0.495 e. The molecule has 2 aromatic heterocycles. The number of benzene rings is 1. The highest BCUT2D eigenvalue weighted by Crippen LogP contribution is 2.30. The number of aryl methyl sites for hydroxylation is 2. The molecule has 1 aromatic carbocycles. The van der Waals surface area contributed by atoms with E-state index in [2.05, 4.69) is 15.4 Å². The zero-order valence-corrected chi connectivity index (χ0v) is 14.2. The smallest absolute Gasteiger partial charge is 0.433 e. The van der Waals surface area contributed by atoms with Crippen molar-refractivity contribution in [1.82, 2.24) is 14.6 Å². The van der Waals surface area contributed by atoms with Crippen molar-refractivity contribution in [2.75, 3.05) is 12.4 Å². The van der Waals surface area contributed by atoms with E-state index < -0.39 is 17.8 Å². The van der Waals surface area contributed by atoms with Crippen LogP contribution >= 0.6 is 0 Å². The predicted octanol–water partition coefficient (Wildman–Crippen LogP) is 3.63. The molecule has 0 saturated heterocycles. The molecule has 0 aliphatic rings. The van der Waals surface area contributed by atoms with Crippen molar-refractivity contribution in [2.45, 2.75) is 20.0 Å². The number of aromatic nitrogens is 3. The molecule has 2 heterocycles. The number of nitrogens with zero attached hydrogens (tertiary/aromatic N) is 3. The summed E-state index contributed by atoms with van der Waals surface area (Å²) in [5.74, 6) is -0.233. The summed E-state index contributed by atoms with van der Waals surface area (Å²) in [6.45, 7) is 3.28. The Balaban J connectivity index is 2.01. The molecule has 0 radical (unpaired) electrons. The zero-order valence-electron chi connectivity index (χ0n) is 14.2. The van der Waals surface area contributed by atoms with Gasteiger partial charge >= 0.3 is 6.18 Å². The Labute approximate surface area is 146 Å². The molecule has 0 aliphatic heterocycles. The molecule has 0 aliphatic carbocycles. The van der Waals surface area contributed by atoms with Gasteiger partial charge in [0.2, 0.25) is 0 Å². The summed E-state index contributed by atoms with van der Waals surface area (Å²) in [7, 11) is 1.45. The Kier molecular flexibility index (Phi) is 4.31. The van der Waals surface area contributed by atoms with E-state index >= 15 is 0 Å². The van der Waals surface area contributed by atoms with Gasteiger partial charge in [-0.15, -0.1) is 0 Å². The van der Waals surface area contributed by atoms with Crippen molar-refractivity contribution in [3.8, 4) is 5.75 Å². The fourth-order valence-electron chi connectivity index (χ4n) is 2.52. The van der Waals surface area contributed by atoms with Crippen LogP contribution < -0.4 is 10.1 Å². The van der Waals surface area contributed by atoms with E-state index in [9.17, 15) is 18.0 Å². The molecule has 1 N–H and O–H groups in total. The van der Waals surface area contributed by atoms with E-state index in [1.54, 1.807) is 12.1 Å². The van der Waals surface area contributed by atoms with Crippen LogP contribution in [0.1, 0.15) is 27.4 Å². The second-order valence-electron chi connectivity index (χ2n) is 5.74. The van der Waals surface area contributed by atoms with Gasteiger partial charge in [-0.2, -0.15) is 18.3 Å². The monoisotopic (exact) mass is 364 g/mol. The topological polar surface area (TPSA) is 68.5 Å². The number of ether oxygens (including phenoxy) is 1. The van der Waals surface area contributed by atoms with E-state index in [0.29, 0.717) is 16.0 Å². The summed E-state index contributed by atoms with van der Waals surface area (Å²) in [6, 6.07) is 7.27. The number of methoxy groups -OCH3 is 1. The van der Waals surface area contributed by atoms with Crippen LogP contribution in [0.4, 0.5) is 18.9 Å². The SMILES string of the molecule is COc1ccc(C)cc1NC(=O)c1cc2nc(C)cc(C(F)(F)F)n2n1. The van der Waals surface area contributed by atoms with E-state index in [1.807, 2.05) is 13.0 Å². The van der Waals surface area contributed by atoms with E-state index in [1.165, 1.54) is 20.1 Å². The molecule has 3 rings (SSSR count). The molecule has 0 spiro atoms. The summed E-state index contributed by atoms with van der Waals surface area (Å²) < 4.78 is 45.4. The van der Waals surface area contributed by atoms with Crippen molar-refractivity contribution in [2.24, 2.45) is 0 Å². The molecule has 6 nitrogen and oxygen atoms in total. The summed E-state index contributed by atoms with van der Waals surface area (Å²) in [6.07, 6.45) is -4.62. The van der Waals surface area contributed by atoms with Gasteiger partial charge in [0, 0.05) is 11.8 Å². The van der Waals surface area contributed by atoms with Crippen LogP contribution in [0.15, 0.2) is 30.3 Å². The van der Waals surface area contributed by atoms with Crippen molar-refractivity contribution >= 4 is 17.2 Å². The molecular formula is C17H15F3N4O2. The molecule has 0 atom stereocenters. The molecule has 3 aromatic rings. The van der Waals surface area contributed by atoms with Crippen molar-refractivity contribution in [3.63, 3.8) is 0 Å². The van der Waals surface area contributed by atoms with Crippen LogP contribution in [0.2, 0.25) is 0 Å². The van der Waals surface area contributed by atoms with Crippen molar-refractivity contribution < 1.29 is 22.7 Å². The van der Waals surface area contributed by atoms with E-state index in [-0.39, 0.29) is 17.0 Å². The second-order valence-corrected chi connectivity index (χ2v) is 5.74. The van der Waals surface area contributed by atoms with Gasteiger partial charge in [0.1, 0.15) is 11.4 Å². The average molecular weight is 364 g/mol. The highest BCUT2D eigenvalue weighted by molar-refractivity contribution is 6.04. The largest absolute Gasteiger partial charge is 0.495 e. The van der Waals surface area contributed by atoms with E-state index in [0.717, 1.165) is 11.6 Å². The summed E-state index contributed by atoms with van der Waals surface area (Å²) in [4.78, 5) is 16.5. The van der Waals surface area contributed by atoms with Crippen LogP contribution in [-0.2, 0) is 6.18 Å². The van der Waals surface area contributed by atoms with Crippen LogP contribution in [-0.4, -0.2) is 27.6 Å². The second kappa shape index (κ2) is 6.32. The summed E-state index contributed by atoms with van der Waals surface area (Å²) in [5, 5.41) is 6.38. The number of alkyl halides is 3. The first kappa shape index (κ1) is 17.7. The first-order valence-electron chi connectivity index (χ1n) is 7.59. The lowest BCUT2D eigenvalue weighted by atomic mass is 10.2. The van der Waals surface area contributed by atoms with Gasteiger partial charge in [-0.25, -0.2) is 9.50 Å². The van der Waals surface area contributed by atoms with E-state index in [4.69, 9.17) is 4.74 Å². The lowest BCUT2D eigenvalue weighted by Gasteiger charge is -2.10. The Hall–Kier alpha value is -3.10. The Morgan fingerprint density at radius 3 is 2.58 bits per heavy atom. The molecule has 0 fully saturated rings. The Morgan fingerprint density at radius 1 is 1.19 bits per heavy atom. The first-order valence-corrected chi connectivity index (χ1v) is 7.59. The van der Waals surface area contributed by atoms with Gasteiger partial charge in [-0.3, -0.25) is 4.79 Å². The molecule has 26 heavy (non-hydrogen) atoms. The van der Waals surface area contributed by atoms with Gasteiger partial charge < -0.3 is 10.1 Å². The van der Waals surface area contributed by atoms with Gasteiger partial charge in [0.15, 0.2) is 11.3 Å². The number of carbonyl (C=O) groups excluding carboxylic acids is 1. The van der Waals surface area contributed by atoms with Crippen LogP contribution in [0, 0.1) is 13.8 Å².